The van der Waals surface area contributed by atoms with E-state index in [9.17, 15) is 12.8 Å². The highest BCUT2D eigenvalue weighted by Gasteiger charge is 2.17. The van der Waals surface area contributed by atoms with Crippen LogP contribution in [0, 0.1) is 5.82 Å². The largest absolute Gasteiger partial charge is 0.299 e. The van der Waals surface area contributed by atoms with Gasteiger partial charge in [-0.25, -0.2) is 27.6 Å². The van der Waals surface area contributed by atoms with Gasteiger partial charge in [0.1, 0.15) is 17.3 Å². The molecular formula is C14H20FN5O2S. The minimum Gasteiger partial charge on any atom is -0.299 e. The monoisotopic (exact) mass is 341 g/mol. The van der Waals surface area contributed by atoms with Gasteiger partial charge in [0.15, 0.2) is 5.82 Å². The molecule has 0 amide bonds. The third-order valence-electron chi connectivity index (χ3n) is 3.46. The molecule has 0 aliphatic heterocycles. The molecule has 0 saturated heterocycles. The number of nitrogens with zero attached hydrogens (tertiary/aromatic N) is 4. The Morgan fingerprint density at radius 3 is 2.57 bits per heavy atom. The molecular weight excluding hydrogens is 321 g/mol. The van der Waals surface area contributed by atoms with Crippen molar-refractivity contribution in [3.8, 4) is 5.69 Å². The van der Waals surface area contributed by atoms with E-state index in [1.807, 2.05) is 25.8 Å². The number of primary sulfonamides is 1. The summed E-state index contributed by atoms with van der Waals surface area (Å²) in [5.74, 6) is 0.472. The van der Waals surface area contributed by atoms with Crippen LogP contribution in [0.3, 0.4) is 0 Å². The average molecular weight is 341 g/mol. The zero-order chi connectivity index (χ0) is 17.2. The van der Waals surface area contributed by atoms with E-state index in [-0.39, 0.29) is 10.6 Å². The normalized spacial score (nSPS) is 12.1. The van der Waals surface area contributed by atoms with Gasteiger partial charge in [0.25, 0.3) is 0 Å². The Kier molecular flexibility index (Phi) is 5.12. The standard InChI is InChI=1S/C14H20FN5O2S/c1-4-14-17-13(9-19(3)5-2)18-20(14)12-7-6-10(8-11(12)15)23(16,21)22/h6-8H,4-5,9H2,1-3H3,(H2,16,21,22). The van der Waals surface area contributed by atoms with Crippen molar-refractivity contribution in [2.45, 2.75) is 31.7 Å². The third-order valence-corrected chi connectivity index (χ3v) is 4.37. The number of aryl methyl sites for hydroxylation is 1. The molecule has 9 heteroatoms. The second-order valence-corrected chi connectivity index (χ2v) is 6.76. The van der Waals surface area contributed by atoms with Crippen molar-refractivity contribution in [3.05, 3.63) is 35.7 Å². The van der Waals surface area contributed by atoms with Gasteiger partial charge < -0.3 is 0 Å². The van der Waals surface area contributed by atoms with Crippen molar-refractivity contribution in [2.24, 2.45) is 5.14 Å². The Morgan fingerprint density at radius 2 is 2.04 bits per heavy atom. The molecule has 0 aliphatic carbocycles. The second kappa shape index (κ2) is 6.73. The number of hydrogen-bond donors (Lipinski definition) is 1. The minimum absolute atomic E-state index is 0.146. The predicted molar refractivity (Wildman–Crippen MR) is 84.1 cm³/mol. The fourth-order valence-electron chi connectivity index (χ4n) is 2.07. The summed E-state index contributed by atoms with van der Waals surface area (Å²) in [7, 11) is -2.01. The maximum atomic E-state index is 14.3. The van der Waals surface area contributed by atoms with Crippen molar-refractivity contribution in [1.82, 2.24) is 19.7 Å². The first-order valence-electron chi connectivity index (χ1n) is 7.22. The van der Waals surface area contributed by atoms with E-state index in [1.54, 1.807) is 0 Å². The smallest absolute Gasteiger partial charge is 0.238 e. The van der Waals surface area contributed by atoms with E-state index in [4.69, 9.17) is 5.14 Å². The van der Waals surface area contributed by atoms with Gasteiger partial charge in [0.2, 0.25) is 10.0 Å². The van der Waals surface area contributed by atoms with E-state index in [1.165, 1.54) is 16.8 Å². The Hall–Kier alpha value is -1.84. The van der Waals surface area contributed by atoms with Gasteiger partial charge in [-0.2, -0.15) is 0 Å². The summed E-state index contributed by atoms with van der Waals surface area (Å²) in [4.78, 5) is 6.16. The molecule has 0 saturated carbocycles. The Balaban J connectivity index is 2.45. The fraction of sp³-hybridized carbons (Fsp3) is 0.429. The lowest BCUT2D eigenvalue weighted by Gasteiger charge is -2.10. The Labute approximate surface area is 135 Å². The number of rotatable bonds is 6. The molecule has 0 atom stereocenters. The predicted octanol–water partition coefficient (Wildman–Crippen LogP) is 1.07. The highest BCUT2D eigenvalue weighted by atomic mass is 32.2. The SMILES string of the molecule is CCc1nc(CN(C)CC)nn1-c1ccc(S(N)(=O)=O)cc1F. The van der Waals surface area contributed by atoms with Gasteiger partial charge in [0.05, 0.1) is 11.4 Å². The topological polar surface area (TPSA) is 94.1 Å². The van der Waals surface area contributed by atoms with Gasteiger partial charge >= 0.3 is 0 Å². The number of sulfonamides is 1. The van der Waals surface area contributed by atoms with E-state index in [0.29, 0.717) is 24.6 Å². The van der Waals surface area contributed by atoms with Crippen LogP contribution in [0.25, 0.3) is 5.69 Å². The Bertz CT molecular complexity index is 803. The second-order valence-electron chi connectivity index (χ2n) is 5.20. The lowest BCUT2D eigenvalue weighted by atomic mass is 10.3. The molecule has 0 bridgehead atoms. The van der Waals surface area contributed by atoms with Crippen molar-refractivity contribution < 1.29 is 12.8 Å². The van der Waals surface area contributed by atoms with Crippen LogP contribution in [0.2, 0.25) is 0 Å². The summed E-state index contributed by atoms with van der Waals surface area (Å²) in [6.45, 7) is 5.30. The first kappa shape index (κ1) is 17.5. The Morgan fingerprint density at radius 1 is 1.35 bits per heavy atom. The number of hydrogen-bond acceptors (Lipinski definition) is 5. The van der Waals surface area contributed by atoms with Crippen molar-refractivity contribution in [1.29, 1.82) is 0 Å². The maximum absolute atomic E-state index is 14.3. The average Bonchev–Trinajstić information content (AvgIpc) is 2.88. The molecule has 2 rings (SSSR count). The number of benzene rings is 1. The van der Waals surface area contributed by atoms with Crippen LogP contribution in [-0.4, -0.2) is 41.7 Å². The quantitative estimate of drug-likeness (QED) is 0.848. The molecule has 0 spiro atoms. The van der Waals surface area contributed by atoms with Gasteiger partial charge in [-0.15, -0.1) is 5.10 Å². The first-order valence-corrected chi connectivity index (χ1v) is 8.77. The number of halogens is 1. The highest BCUT2D eigenvalue weighted by molar-refractivity contribution is 7.89. The number of nitrogens with two attached hydrogens (primary N) is 1. The van der Waals surface area contributed by atoms with Crippen molar-refractivity contribution in [2.75, 3.05) is 13.6 Å². The van der Waals surface area contributed by atoms with E-state index < -0.39 is 15.8 Å². The van der Waals surface area contributed by atoms with Gasteiger partial charge in [-0.05, 0) is 31.8 Å². The van der Waals surface area contributed by atoms with Gasteiger partial charge in [-0.1, -0.05) is 13.8 Å². The molecule has 0 aliphatic rings. The molecule has 2 aromatic rings. The molecule has 1 aromatic heterocycles. The molecule has 0 radical (unpaired) electrons. The van der Waals surface area contributed by atoms with E-state index in [0.717, 1.165) is 12.6 Å². The summed E-state index contributed by atoms with van der Waals surface area (Å²) in [5, 5.41) is 9.35. The van der Waals surface area contributed by atoms with Crippen LogP contribution in [0.5, 0.6) is 0 Å². The summed E-state index contributed by atoms with van der Waals surface area (Å²) < 4.78 is 38.3. The van der Waals surface area contributed by atoms with Crippen molar-refractivity contribution >= 4 is 10.0 Å². The minimum atomic E-state index is -3.95. The first-order chi connectivity index (χ1) is 10.8. The third kappa shape index (κ3) is 3.92. The molecule has 0 fully saturated rings. The lowest BCUT2D eigenvalue weighted by Crippen LogP contribution is -2.17. The van der Waals surface area contributed by atoms with Crippen LogP contribution >= 0.6 is 0 Å². The molecule has 7 nitrogen and oxygen atoms in total. The molecule has 2 N–H and O–H groups in total. The van der Waals surface area contributed by atoms with Crippen LogP contribution in [0.15, 0.2) is 23.1 Å². The van der Waals surface area contributed by atoms with Crippen LogP contribution in [-0.2, 0) is 23.0 Å². The van der Waals surface area contributed by atoms with Gasteiger partial charge in [0, 0.05) is 6.42 Å². The van der Waals surface area contributed by atoms with Crippen LogP contribution in [0.1, 0.15) is 25.5 Å². The van der Waals surface area contributed by atoms with E-state index >= 15 is 0 Å². The zero-order valence-electron chi connectivity index (χ0n) is 13.3. The van der Waals surface area contributed by atoms with E-state index in [2.05, 4.69) is 10.1 Å². The molecule has 1 aromatic carbocycles. The zero-order valence-corrected chi connectivity index (χ0v) is 14.1. The lowest BCUT2D eigenvalue weighted by molar-refractivity contribution is 0.336. The maximum Gasteiger partial charge on any atom is 0.238 e. The number of aromatic nitrogens is 3. The highest BCUT2D eigenvalue weighted by Crippen LogP contribution is 2.19. The molecule has 1 heterocycles. The summed E-state index contributed by atoms with van der Waals surface area (Å²) in [6, 6.07) is 3.49. The van der Waals surface area contributed by atoms with Crippen LogP contribution < -0.4 is 5.14 Å². The summed E-state index contributed by atoms with van der Waals surface area (Å²) in [5.41, 5.74) is 0.146. The van der Waals surface area contributed by atoms with Crippen molar-refractivity contribution in [3.63, 3.8) is 0 Å². The molecule has 126 valence electrons. The summed E-state index contributed by atoms with van der Waals surface area (Å²) in [6.07, 6.45) is 0.569. The van der Waals surface area contributed by atoms with Crippen LogP contribution in [0.4, 0.5) is 4.39 Å². The van der Waals surface area contributed by atoms with Gasteiger partial charge in [-0.3, -0.25) is 4.90 Å². The summed E-state index contributed by atoms with van der Waals surface area (Å²) >= 11 is 0. The molecule has 0 unspecified atom stereocenters. The molecule has 23 heavy (non-hydrogen) atoms. The fourth-order valence-corrected chi connectivity index (χ4v) is 2.60.